The maximum atomic E-state index is 11.6. The number of carbonyl (C=O) groups excluding carboxylic acids is 2. The highest BCUT2D eigenvalue weighted by atomic mass is 16.7. The molecule has 0 N–H and O–H groups in total. The molecule has 1 aliphatic heterocycles. The van der Waals surface area contributed by atoms with Crippen LogP contribution in [0.4, 0.5) is 4.79 Å². The van der Waals surface area contributed by atoms with Crippen LogP contribution in [0.3, 0.4) is 0 Å². The molecule has 2 rings (SSSR count). The molecule has 112 valence electrons. The summed E-state index contributed by atoms with van der Waals surface area (Å²) in [5.41, 5.74) is 1.15. The van der Waals surface area contributed by atoms with Gasteiger partial charge in [-0.15, -0.1) is 0 Å². The van der Waals surface area contributed by atoms with Crippen molar-refractivity contribution < 1.29 is 28.5 Å². The van der Waals surface area contributed by atoms with E-state index in [4.69, 9.17) is 9.47 Å². The third kappa shape index (κ3) is 4.70. The average molecular weight is 292 g/mol. The van der Waals surface area contributed by atoms with E-state index in [2.05, 4.69) is 9.47 Å². The Morgan fingerprint density at radius 1 is 1.24 bits per heavy atom. The van der Waals surface area contributed by atoms with Crippen LogP contribution in [0.2, 0.25) is 0 Å². The van der Waals surface area contributed by atoms with Crippen molar-refractivity contribution in [2.24, 2.45) is 0 Å². The maximum absolute atomic E-state index is 11.6. The predicted molar refractivity (Wildman–Crippen MR) is 73.6 cm³/mol. The van der Waals surface area contributed by atoms with Crippen LogP contribution >= 0.6 is 0 Å². The van der Waals surface area contributed by atoms with Crippen LogP contribution < -0.4 is 0 Å². The van der Waals surface area contributed by atoms with Crippen LogP contribution in [-0.4, -0.2) is 38.2 Å². The van der Waals surface area contributed by atoms with Crippen molar-refractivity contribution in [2.75, 3.05) is 19.8 Å². The molecule has 0 amide bonds. The lowest BCUT2D eigenvalue weighted by Gasteiger charge is -2.04. The lowest BCUT2D eigenvalue weighted by atomic mass is 10.1. The van der Waals surface area contributed by atoms with Gasteiger partial charge in [-0.3, -0.25) is 0 Å². The minimum atomic E-state index is -0.998. The van der Waals surface area contributed by atoms with E-state index >= 15 is 0 Å². The van der Waals surface area contributed by atoms with Gasteiger partial charge in [0.05, 0.1) is 25.4 Å². The van der Waals surface area contributed by atoms with Crippen molar-refractivity contribution in [1.82, 2.24) is 0 Å². The summed E-state index contributed by atoms with van der Waals surface area (Å²) in [6.45, 7) is 2.97. The van der Waals surface area contributed by atoms with E-state index in [-0.39, 0.29) is 18.5 Å². The van der Waals surface area contributed by atoms with Gasteiger partial charge in [0.2, 0.25) is 0 Å². The number of esters is 1. The van der Waals surface area contributed by atoms with E-state index in [1.807, 2.05) is 6.08 Å². The van der Waals surface area contributed by atoms with Gasteiger partial charge in [0.25, 0.3) is 0 Å². The zero-order valence-electron chi connectivity index (χ0n) is 11.6. The molecular weight excluding hydrogens is 276 g/mol. The van der Waals surface area contributed by atoms with E-state index in [1.165, 1.54) is 0 Å². The van der Waals surface area contributed by atoms with Crippen LogP contribution in [0.25, 0.3) is 6.08 Å². The van der Waals surface area contributed by atoms with Gasteiger partial charge in [0.1, 0.15) is 0 Å². The van der Waals surface area contributed by atoms with Gasteiger partial charge in [0, 0.05) is 0 Å². The van der Waals surface area contributed by atoms with Crippen LogP contribution in [0.15, 0.2) is 30.3 Å². The molecule has 6 nitrogen and oxygen atoms in total. The number of rotatable bonds is 4. The molecule has 0 unspecified atom stereocenters. The van der Waals surface area contributed by atoms with Crippen LogP contribution in [0.5, 0.6) is 0 Å². The molecule has 0 spiro atoms. The zero-order valence-corrected chi connectivity index (χ0v) is 11.6. The molecule has 0 aliphatic carbocycles. The fourth-order valence-electron chi connectivity index (χ4n) is 1.69. The number of benzene rings is 1. The van der Waals surface area contributed by atoms with Gasteiger partial charge in [0.15, 0.2) is 6.29 Å². The van der Waals surface area contributed by atoms with E-state index in [1.54, 1.807) is 37.3 Å². The minimum absolute atomic E-state index is 0.154. The number of hydrogen-bond donors (Lipinski definition) is 0. The highest BCUT2D eigenvalue weighted by Gasteiger charge is 2.14. The summed E-state index contributed by atoms with van der Waals surface area (Å²) in [5.74, 6) is -0.744. The number of hydrogen-bond acceptors (Lipinski definition) is 6. The molecule has 21 heavy (non-hydrogen) atoms. The first kappa shape index (κ1) is 15.2. The Balaban J connectivity index is 1.91. The molecule has 6 heteroatoms. The Bertz CT molecular complexity index is 513. The van der Waals surface area contributed by atoms with E-state index in [0.29, 0.717) is 13.2 Å². The molecule has 0 atom stereocenters. The molecule has 1 saturated heterocycles. The minimum Gasteiger partial charge on any atom is -0.434 e. The third-order valence-electron chi connectivity index (χ3n) is 2.68. The van der Waals surface area contributed by atoms with Crippen molar-refractivity contribution in [2.45, 2.75) is 13.2 Å². The molecule has 1 aliphatic rings. The normalized spacial score (nSPS) is 15.3. The lowest BCUT2D eigenvalue weighted by Crippen LogP contribution is -2.13. The Labute approximate surface area is 122 Å². The number of carbonyl (C=O) groups is 2. The molecule has 1 aromatic carbocycles. The zero-order chi connectivity index (χ0) is 15.1. The molecule has 0 saturated carbocycles. The first-order chi connectivity index (χ1) is 10.2. The summed E-state index contributed by atoms with van der Waals surface area (Å²) in [6, 6.07) is 6.59. The van der Waals surface area contributed by atoms with Crippen molar-refractivity contribution in [1.29, 1.82) is 0 Å². The van der Waals surface area contributed by atoms with Crippen molar-refractivity contribution in [3.8, 4) is 0 Å². The Morgan fingerprint density at radius 2 is 1.90 bits per heavy atom. The van der Waals surface area contributed by atoms with E-state index < -0.39 is 12.1 Å². The largest absolute Gasteiger partial charge is 0.516 e. The highest BCUT2D eigenvalue weighted by Crippen LogP contribution is 2.11. The molecular formula is C15H16O6. The second-order valence-corrected chi connectivity index (χ2v) is 4.16. The number of ether oxygens (including phenoxy) is 4. The summed E-state index contributed by atoms with van der Waals surface area (Å²) in [4.78, 5) is 22.7. The fraction of sp³-hybridized carbons (Fsp3) is 0.333. The standard InChI is InChI=1S/C15H16O6/c1-2-18-15(17)21-14(16)12-6-3-11(4-7-12)5-8-13-19-9-10-20-13/h3-8,13H,2,9-10H2,1H3/b8-5+. The maximum Gasteiger partial charge on any atom is 0.516 e. The highest BCUT2D eigenvalue weighted by molar-refractivity contribution is 5.95. The first-order valence-electron chi connectivity index (χ1n) is 6.59. The van der Waals surface area contributed by atoms with Crippen molar-refractivity contribution >= 4 is 18.2 Å². The third-order valence-corrected chi connectivity index (χ3v) is 2.68. The molecule has 0 bridgehead atoms. The second kappa shape index (κ2) is 7.56. The summed E-state index contributed by atoms with van der Waals surface area (Å²) >= 11 is 0. The monoisotopic (exact) mass is 292 g/mol. The van der Waals surface area contributed by atoms with Gasteiger partial charge in [-0.05, 0) is 30.7 Å². The topological polar surface area (TPSA) is 71.1 Å². The SMILES string of the molecule is CCOC(=O)OC(=O)c1ccc(/C=C/C2OCCO2)cc1. The Morgan fingerprint density at radius 3 is 2.52 bits per heavy atom. The van der Waals surface area contributed by atoms with Gasteiger partial charge < -0.3 is 18.9 Å². The predicted octanol–water partition coefficient (Wildman–Crippen LogP) is 2.39. The average Bonchev–Trinajstić information content (AvgIpc) is 2.99. The van der Waals surface area contributed by atoms with Gasteiger partial charge >= 0.3 is 12.1 Å². The molecule has 0 aromatic heterocycles. The molecule has 1 aromatic rings. The molecule has 1 fully saturated rings. The van der Waals surface area contributed by atoms with Crippen LogP contribution in [0.1, 0.15) is 22.8 Å². The van der Waals surface area contributed by atoms with Crippen LogP contribution in [-0.2, 0) is 18.9 Å². The first-order valence-corrected chi connectivity index (χ1v) is 6.59. The van der Waals surface area contributed by atoms with E-state index in [0.717, 1.165) is 5.56 Å². The molecule has 0 radical (unpaired) electrons. The quantitative estimate of drug-likeness (QED) is 0.627. The fourth-order valence-corrected chi connectivity index (χ4v) is 1.69. The smallest absolute Gasteiger partial charge is 0.434 e. The Kier molecular flexibility index (Phi) is 5.48. The Hall–Kier alpha value is -2.18. The lowest BCUT2D eigenvalue weighted by molar-refractivity contribution is -0.000920. The second-order valence-electron chi connectivity index (χ2n) is 4.16. The van der Waals surface area contributed by atoms with Crippen molar-refractivity contribution in [3.63, 3.8) is 0 Å². The van der Waals surface area contributed by atoms with Crippen LogP contribution in [0, 0.1) is 0 Å². The summed E-state index contributed by atoms with van der Waals surface area (Å²) in [5, 5.41) is 0. The summed E-state index contributed by atoms with van der Waals surface area (Å²) in [7, 11) is 0. The van der Waals surface area contributed by atoms with Crippen molar-refractivity contribution in [3.05, 3.63) is 41.5 Å². The van der Waals surface area contributed by atoms with Gasteiger partial charge in [-0.25, -0.2) is 9.59 Å². The van der Waals surface area contributed by atoms with Gasteiger partial charge in [-0.1, -0.05) is 18.2 Å². The summed E-state index contributed by atoms with van der Waals surface area (Å²) in [6.07, 6.45) is 2.30. The molecule has 1 heterocycles. The van der Waals surface area contributed by atoms with E-state index in [9.17, 15) is 9.59 Å². The van der Waals surface area contributed by atoms with Gasteiger partial charge in [-0.2, -0.15) is 0 Å². The summed E-state index contributed by atoms with van der Waals surface area (Å²) < 4.78 is 19.6.